The molecule has 0 spiro atoms. The number of amides is 2. The van der Waals surface area contributed by atoms with E-state index in [2.05, 4.69) is 37.5 Å². The van der Waals surface area contributed by atoms with Crippen LogP contribution in [-0.2, 0) is 9.59 Å². The zero-order valence-electron chi connectivity index (χ0n) is 32.0. The number of rotatable bonds is 10. The van der Waals surface area contributed by atoms with Crippen molar-refractivity contribution in [2.45, 2.75) is 77.5 Å². The number of thiophene rings is 1. The lowest BCUT2D eigenvalue weighted by atomic mass is 9.91. The predicted octanol–water partition coefficient (Wildman–Crippen LogP) is 7.36. The van der Waals surface area contributed by atoms with Crippen LogP contribution in [0.25, 0.3) is 31.9 Å². The predicted molar refractivity (Wildman–Crippen MR) is 218 cm³/mol. The molecule has 0 bridgehead atoms. The summed E-state index contributed by atoms with van der Waals surface area (Å²) in [6.07, 6.45) is 0.264. The van der Waals surface area contributed by atoms with Crippen LogP contribution in [0.2, 0.25) is 0 Å². The van der Waals surface area contributed by atoms with Gasteiger partial charge in [-0.1, -0.05) is 55.4 Å². The van der Waals surface area contributed by atoms with Gasteiger partial charge in [0.1, 0.15) is 22.5 Å². The molecule has 2 aromatic carbocycles. The Balaban J connectivity index is 0.945. The normalized spacial score (nSPS) is 19.6. The zero-order chi connectivity index (χ0) is 39.2. The lowest BCUT2D eigenvalue weighted by Crippen LogP contribution is -2.48. The molecule has 6 heterocycles. The molecule has 0 radical (unpaired) electrons. The monoisotopic (exact) mass is 791 g/mol. The quantitative estimate of drug-likeness (QED) is 0.128. The number of aryl methyl sites for hydroxylation is 2. The Morgan fingerprint density at radius 1 is 1.02 bits per heavy atom. The number of hydrogen-bond donors (Lipinski definition) is 3. The van der Waals surface area contributed by atoms with Crippen molar-refractivity contribution in [3.8, 4) is 27.4 Å². The Morgan fingerprint density at radius 3 is 2.54 bits per heavy atom. The van der Waals surface area contributed by atoms with E-state index >= 15 is 0 Å². The minimum absolute atomic E-state index is 0.0686. The number of aliphatic hydroxyl groups excluding tert-OH is 1. The molecule has 0 saturated carbocycles. The van der Waals surface area contributed by atoms with E-state index in [-0.39, 0.29) is 48.4 Å². The molecule has 12 nitrogen and oxygen atoms in total. The van der Waals surface area contributed by atoms with Crippen LogP contribution in [0.5, 0.6) is 5.75 Å². The minimum atomic E-state index is -0.814. The van der Waals surface area contributed by atoms with Crippen LogP contribution in [0, 0.1) is 19.8 Å². The summed E-state index contributed by atoms with van der Waals surface area (Å²) in [7, 11) is 0. The van der Waals surface area contributed by atoms with Crippen LogP contribution < -0.4 is 10.2 Å². The van der Waals surface area contributed by atoms with Crippen molar-refractivity contribution in [1.82, 2.24) is 30.6 Å². The number of para-hydroxylation sites is 1. The molecule has 0 unspecified atom stereocenters. The third kappa shape index (κ3) is 7.17. The molecule has 2 saturated heterocycles. The van der Waals surface area contributed by atoms with Gasteiger partial charge in [-0.25, -0.2) is 4.98 Å². The number of nitrogens with zero attached hydrogens (tertiary/aromatic N) is 6. The zero-order valence-corrected chi connectivity index (χ0v) is 33.6. The van der Waals surface area contributed by atoms with E-state index in [1.807, 2.05) is 81.7 Å². The van der Waals surface area contributed by atoms with Crippen LogP contribution >= 0.6 is 22.7 Å². The first-order chi connectivity index (χ1) is 27.0. The topological polar surface area (TPSA) is 158 Å². The van der Waals surface area contributed by atoms with Gasteiger partial charge in [0.2, 0.25) is 11.8 Å². The highest BCUT2D eigenvalue weighted by Crippen LogP contribution is 2.42. The molecule has 4 aromatic heterocycles. The highest BCUT2D eigenvalue weighted by atomic mass is 32.1. The SMILES string of the molecule is Cc1ncsc1-c1ccc([C@H](C)NC(=O)[C@@H]2C[C@@H](O)CN2C(=O)[C@@H](c2cc(N3CC[C@@H](c4sc5nnc(-c6ccccc6O)cc5c4C)C3)no2)C(C)C)cc1. The molecule has 5 atom stereocenters. The molecule has 2 amide bonds. The fourth-order valence-corrected chi connectivity index (χ4v) is 10.2. The highest BCUT2D eigenvalue weighted by Gasteiger charge is 2.44. The molecular weight excluding hydrogens is 747 g/mol. The molecule has 2 fully saturated rings. The van der Waals surface area contributed by atoms with Gasteiger partial charge in [0.05, 0.1) is 33.9 Å². The molecule has 6 aromatic rings. The number of anilines is 1. The molecule has 2 aliphatic heterocycles. The summed E-state index contributed by atoms with van der Waals surface area (Å²) in [5, 5.41) is 38.6. The largest absolute Gasteiger partial charge is 0.507 e. The van der Waals surface area contributed by atoms with Gasteiger partial charge in [0.25, 0.3) is 0 Å². The number of aromatic hydroxyl groups is 1. The Bertz CT molecular complexity index is 2390. The third-order valence-corrected chi connectivity index (χ3v) is 13.5. The van der Waals surface area contributed by atoms with Gasteiger partial charge in [-0.15, -0.1) is 32.9 Å². The number of carbonyl (C=O) groups excluding carboxylic acids is 2. The first-order valence-electron chi connectivity index (χ1n) is 19.0. The smallest absolute Gasteiger partial charge is 0.243 e. The summed E-state index contributed by atoms with van der Waals surface area (Å²) in [6, 6.07) is 17.9. The number of aromatic nitrogens is 4. The van der Waals surface area contributed by atoms with Gasteiger partial charge in [-0.05, 0) is 68.0 Å². The maximum absolute atomic E-state index is 14.3. The molecule has 290 valence electrons. The van der Waals surface area contributed by atoms with Gasteiger partial charge in [0, 0.05) is 53.9 Å². The van der Waals surface area contributed by atoms with E-state index < -0.39 is 18.1 Å². The van der Waals surface area contributed by atoms with Gasteiger partial charge in [-0.2, -0.15) is 0 Å². The van der Waals surface area contributed by atoms with Gasteiger partial charge < -0.3 is 29.9 Å². The summed E-state index contributed by atoms with van der Waals surface area (Å²) in [6.45, 7) is 11.5. The highest BCUT2D eigenvalue weighted by molar-refractivity contribution is 7.19. The summed E-state index contributed by atoms with van der Waals surface area (Å²) >= 11 is 3.25. The number of benzene rings is 2. The second kappa shape index (κ2) is 15.4. The van der Waals surface area contributed by atoms with Gasteiger partial charge in [-0.3, -0.25) is 9.59 Å². The number of likely N-dealkylation sites (tertiary alicyclic amines) is 1. The van der Waals surface area contributed by atoms with Crippen molar-refractivity contribution in [1.29, 1.82) is 0 Å². The van der Waals surface area contributed by atoms with E-state index in [0.29, 0.717) is 22.8 Å². The summed E-state index contributed by atoms with van der Waals surface area (Å²) < 4.78 is 5.91. The average molecular weight is 792 g/mol. The Hall–Kier alpha value is -5.18. The number of carbonyl (C=O) groups is 2. The molecule has 2 aliphatic rings. The maximum Gasteiger partial charge on any atom is 0.243 e. The van der Waals surface area contributed by atoms with E-state index in [9.17, 15) is 19.8 Å². The Morgan fingerprint density at radius 2 is 1.80 bits per heavy atom. The van der Waals surface area contributed by atoms with Crippen molar-refractivity contribution in [2.24, 2.45) is 5.92 Å². The van der Waals surface area contributed by atoms with Gasteiger partial charge >= 0.3 is 0 Å². The Kier molecular flexibility index (Phi) is 10.4. The maximum atomic E-state index is 14.3. The first kappa shape index (κ1) is 37.7. The number of phenolic OH excluding ortho intramolecular Hbond substituents is 1. The van der Waals surface area contributed by atoms with Crippen molar-refractivity contribution in [3.63, 3.8) is 0 Å². The van der Waals surface area contributed by atoms with Crippen molar-refractivity contribution in [3.05, 3.63) is 93.6 Å². The lowest BCUT2D eigenvalue weighted by Gasteiger charge is -2.29. The van der Waals surface area contributed by atoms with Crippen LogP contribution in [0.3, 0.4) is 0 Å². The number of nitrogens with one attached hydrogen (secondary N) is 1. The Labute approximate surface area is 333 Å². The molecule has 8 rings (SSSR count). The van der Waals surface area contributed by atoms with E-state index in [0.717, 1.165) is 57.0 Å². The number of thiazole rings is 1. The fraction of sp³-hybridized carbons (Fsp3) is 0.381. The third-order valence-electron chi connectivity index (χ3n) is 11.2. The summed E-state index contributed by atoms with van der Waals surface area (Å²) in [5.41, 5.74) is 7.27. The molecular formula is C42H45N7O5S2. The van der Waals surface area contributed by atoms with Crippen LogP contribution in [0.15, 0.2) is 70.7 Å². The lowest BCUT2D eigenvalue weighted by molar-refractivity contribution is -0.141. The minimum Gasteiger partial charge on any atom is -0.507 e. The second-order valence-corrected chi connectivity index (χ2v) is 17.2. The summed E-state index contributed by atoms with van der Waals surface area (Å²) in [4.78, 5) is 39.3. The molecule has 14 heteroatoms. The van der Waals surface area contributed by atoms with Crippen LogP contribution in [0.4, 0.5) is 5.82 Å². The van der Waals surface area contributed by atoms with E-state index in [1.54, 1.807) is 34.8 Å². The van der Waals surface area contributed by atoms with Crippen molar-refractivity contribution in [2.75, 3.05) is 24.5 Å². The fourth-order valence-electron chi connectivity index (χ4n) is 8.12. The number of aliphatic hydroxyl groups is 1. The number of β-amino-alcohol motifs (C(OH)–C–C–N with tert-alkyl or cyclic N) is 1. The van der Waals surface area contributed by atoms with E-state index in [1.165, 1.54) is 9.78 Å². The van der Waals surface area contributed by atoms with Crippen LogP contribution in [0.1, 0.15) is 78.9 Å². The second-order valence-electron chi connectivity index (χ2n) is 15.3. The molecule has 3 N–H and O–H groups in total. The standard InChI is InChI=1S/C42H45N7O5S2/c1-22(2)37(42(53)49-20-29(50)16-33(49)40(52)44-24(4)26-10-12-27(13-11-26)39-25(5)43-21-55-39)35-18-36(47-54-35)48-15-14-28(19-48)38-23(3)31-17-32(45-46-41(31)56-38)30-8-6-7-9-34(30)51/h6-13,17-18,21-22,24,28-29,33,37,50-51H,14-16,19-20H2,1-5H3,(H,44,52)/t24-,28+,29+,33-,37+/m0/s1. The number of fused-ring (bicyclic) bond motifs is 1. The van der Waals surface area contributed by atoms with Gasteiger partial charge in [0.15, 0.2) is 11.6 Å². The average Bonchev–Trinajstić information content (AvgIpc) is 4.03. The first-order valence-corrected chi connectivity index (χ1v) is 20.7. The molecule has 0 aliphatic carbocycles. The van der Waals surface area contributed by atoms with Crippen LogP contribution in [-0.4, -0.2) is 79.0 Å². The number of phenols is 1. The summed E-state index contributed by atoms with van der Waals surface area (Å²) in [5.74, 6) is 0.132. The van der Waals surface area contributed by atoms with Crippen molar-refractivity contribution >= 4 is 50.5 Å². The number of hydrogen-bond acceptors (Lipinski definition) is 12. The molecule has 56 heavy (non-hydrogen) atoms. The van der Waals surface area contributed by atoms with Crippen molar-refractivity contribution < 1.29 is 24.3 Å². The van der Waals surface area contributed by atoms with E-state index in [4.69, 9.17) is 4.52 Å².